The SMILES string of the molecule is CCN(CC)C1CCN(S(=O)(=O)c2cccc3nonc23)CC1. The maximum absolute atomic E-state index is 12.9. The Hall–Kier alpha value is -1.51. The number of nitrogens with zero attached hydrogens (tertiary/aromatic N) is 4. The molecular formula is C15H22N4O3S. The van der Waals surface area contributed by atoms with Crippen molar-refractivity contribution >= 4 is 21.1 Å². The first-order valence-electron chi connectivity index (χ1n) is 8.03. The fourth-order valence-corrected chi connectivity index (χ4v) is 4.92. The summed E-state index contributed by atoms with van der Waals surface area (Å²) in [5, 5.41) is 7.47. The van der Waals surface area contributed by atoms with Crippen LogP contribution in [0.4, 0.5) is 0 Å². The predicted octanol–water partition coefficient (Wildman–Crippen LogP) is 1.72. The maximum Gasteiger partial charge on any atom is 0.245 e. The van der Waals surface area contributed by atoms with Gasteiger partial charge in [-0.1, -0.05) is 19.9 Å². The summed E-state index contributed by atoms with van der Waals surface area (Å²) in [6.45, 7) is 7.35. The summed E-state index contributed by atoms with van der Waals surface area (Å²) in [7, 11) is -3.57. The fraction of sp³-hybridized carbons (Fsp3) is 0.600. The number of piperidine rings is 1. The van der Waals surface area contributed by atoms with E-state index in [1.54, 1.807) is 22.5 Å². The Morgan fingerprint density at radius 1 is 1.22 bits per heavy atom. The van der Waals surface area contributed by atoms with Crippen LogP contribution in [0.25, 0.3) is 11.0 Å². The Morgan fingerprint density at radius 2 is 1.91 bits per heavy atom. The van der Waals surface area contributed by atoms with Crippen LogP contribution in [-0.2, 0) is 10.0 Å². The van der Waals surface area contributed by atoms with Crippen molar-refractivity contribution in [2.75, 3.05) is 26.2 Å². The highest BCUT2D eigenvalue weighted by atomic mass is 32.2. The molecule has 0 unspecified atom stereocenters. The lowest BCUT2D eigenvalue weighted by atomic mass is 10.1. The van der Waals surface area contributed by atoms with Gasteiger partial charge in [0.05, 0.1) is 0 Å². The molecule has 0 N–H and O–H groups in total. The molecule has 1 aliphatic rings. The average Bonchev–Trinajstić information content (AvgIpc) is 3.05. The van der Waals surface area contributed by atoms with Gasteiger partial charge in [-0.15, -0.1) is 0 Å². The van der Waals surface area contributed by atoms with E-state index in [-0.39, 0.29) is 4.90 Å². The minimum Gasteiger partial charge on any atom is -0.301 e. The highest BCUT2D eigenvalue weighted by Crippen LogP contribution is 2.26. The summed E-state index contributed by atoms with van der Waals surface area (Å²) in [6, 6.07) is 5.39. The number of aromatic nitrogens is 2. The quantitative estimate of drug-likeness (QED) is 0.826. The molecule has 7 nitrogen and oxygen atoms in total. The monoisotopic (exact) mass is 338 g/mol. The van der Waals surface area contributed by atoms with E-state index in [2.05, 4.69) is 33.7 Å². The Morgan fingerprint density at radius 3 is 2.57 bits per heavy atom. The van der Waals surface area contributed by atoms with Crippen molar-refractivity contribution < 1.29 is 13.0 Å². The van der Waals surface area contributed by atoms with Gasteiger partial charge in [-0.05, 0) is 48.4 Å². The lowest BCUT2D eigenvalue weighted by molar-refractivity contribution is 0.152. The largest absolute Gasteiger partial charge is 0.301 e. The van der Waals surface area contributed by atoms with Crippen LogP contribution in [0.15, 0.2) is 27.7 Å². The second-order valence-corrected chi connectivity index (χ2v) is 7.65. The smallest absolute Gasteiger partial charge is 0.245 e. The molecule has 0 saturated carbocycles. The van der Waals surface area contributed by atoms with Gasteiger partial charge in [0.1, 0.15) is 10.4 Å². The summed E-state index contributed by atoms with van der Waals surface area (Å²) in [5.74, 6) is 0. The molecule has 0 atom stereocenters. The average molecular weight is 338 g/mol. The van der Waals surface area contributed by atoms with Crippen molar-refractivity contribution in [2.45, 2.75) is 37.6 Å². The molecule has 0 aliphatic carbocycles. The van der Waals surface area contributed by atoms with Crippen LogP contribution >= 0.6 is 0 Å². The summed E-state index contributed by atoms with van der Waals surface area (Å²) in [5.41, 5.74) is 0.766. The van der Waals surface area contributed by atoms with E-state index in [0.29, 0.717) is 30.2 Å². The number of fused-ring (bicyclic) bond motifs is 1. The summed E-state index contributed by atoms with van der Waals surface area (Å²) in [4.78, 5) is 2.57. The molecule has 1 fully saturated rings. The number of benzene rings is 1. The van der Waals surface area contributed by atoms with Crippen LogP contribution in [-0.4, -0.2) is 60.2 Å². The van der Waals surface area contributed by atoms with Crippen molar-refractivity contribution in [1.82, 2.24) is 19.5 Å². The standard InChI is InChI=1S/C15H22N4O3S/c1-3-18(4-2)12-8-10-19(11-9-12)23(20,21)14-7-5-6-13-15(14)17-22-16-13/h5-7,12H,3-4,8-11H2,1-2H3. The van der Waals surface area contributed by atoms with E-state index >= 15 is 0 Å². The van der Waals surface area contributed by atoms with Gasteiger partial charge in [-0.2, -0.15) is 4.31 Å². The van der Waals surface area contributed by atoms with Gasteiger partial charge in [0, 0.05) is 19.1 Å². The van der Waals surface area contributed by atoms with Gasteiger partial charge in [0.25, 0.3) is 0 Å². The molecule has 126 valence electrons. The molecule has 1 aliphatic heterocycles. The minimum atomic E-state index is -3.57. The molecule has 0 bridgehead atoms. The maximum atomic E-state index is 12.9. The normalized spacial score (nSPS) is 18.0. The van der Waals surface area contributed by atoms with E-state index < -0.39 is 10.0 Å². The van der Waals surface area contributed by atoms with Crippen LogP contribution in [0.2, 0.25) is 0 Å². The molecule has 0 spiro atoms. The molecule has 0 amide bonds. The molecule has 1 aromatic heterocycles. The Labute approximate surface area is 136 Å². The fourth-order valence-electron chi connectivity index (χ4n) is 3.32. The molecule has 2 heterocycles. The first-order chi connectivity index (χ1) is 11.1. The van der Waals surface area contributed by atoms with Crippen molar-refractivity contribution in [1.29, 1.82) is 0 Å². The molecule has 0 radical (unpaired) electrons. The number of sulfonamides is 1. The van der Waals surface area contributed by atoms with Crippen molar-refractivity contribution in [3.8, 4) is 0 Å². The first kappa shape index (κ1) is 16.4. The zero-order valence-corrected chi connectivity index (χ0v) is 14.3. The highest BCUT2D eigenvalue weighted by Gasteiger charge is 2.32. The van der Waals surface area contributed by atoms with Crippen LogP contribution in [0.3, 0.4) is 0 Å². The van der Waals surface area contributed by atoms with E-state index in [1.807, 2.05) is 0 Å². The summed E-state index contributed by atoms with van der Waals surface area (Å²) in [6.07, 6.45) is 1.71. The zero-order chi connectivity index (χ0) is 16.4. The Kier molecular flexibility index (Phi) is 4.65. The van der Waals surface area contributed by atoms with E-state index in [4.69, 9.17) is 0 Å². The number of hydrogen-bond donors (Lipinski definition) is 0. The van der Waals surface area contributed by atoms with E-state index in [1.165, 1.54) is 0 Å². The molecule has 1 aromatic carbocycles. The van der Waals surface area contributed by atoms with Crippen LogP contribution in [0.5, 0.6) is 0 Å². The third-order valence-electron chi connectivity index (χ3n) is 4.62. The van der Waals surface area contributed by atoms with Crippen molar-refractivity contribution in [3.05, 3.63) is 18.2 Å². The number of hydrogen-bond acceptors (Lipinski definition) is 6. The summed E-state index contributed by atoms with van der Waals surface area (Å²) < 4.78 is 32.1. The lowest BCUT2D eigenvalue weighted by Gasteiger charge is -2.37. The molecule has 23 heavy (non-hydrogen) atoms. The van der Waals surface area contributed by atoms with Gasteiger partial charge in [-0.3, -0.25) is 0 Å². The van der Waals surface area contributed by atoms with Gasteiger partial charge in [0.15, 0.2) is 5.52 Å². The van der Waals surface area contributed by atoms with Crippen LogP contribution in [0.1, 0.15) is 26.7 Å². The second kappa shape index (κ2) is 6.54. The highest BCUT2D eigenvalue weighted by molar-refractivity contribution is 7.89. The third kappa shape index (κ3) is 2.98. The first-order valence-corrected chi connectivity index (χ1v) is 9.47. The lowest BCUT2D eigenvalue weighted by Crippen LogP contribution is -2.46. The number of rotatable bonds is 5. The van der Waals surface area contributed by atoms with E-state index in [9.17, 15) is 8.42 Å². The molecule has 1 saturated heterocycles. The molecule has 2 aromatic rings. The summed E-state index contributed by atoms with van der Waals surface area (Å²) >= 11 is 0. The third-order valence-corrected chi connectivity index (χ3v) is 6.55. The van der Waals surface area contributed by atoms with Gasteiger partial charge < -0.3 is 4.90 Å². The van der Waals surface area contributed by atoms with Gasteiger partial charge in [0.2, 0.25) is 10.0 Å². The molecular weight excluding hydrogens is 316 g/mol. The van der Waals surface area contributed by atoms with Crippen molar-refractivity contribution in [2.24, 2.45) is 0 Å². The minimum absolute atomic E-state index is 0.178. The Balaban J connectivity index is 1.81. The van der Waals surface area contributed by atoms with E-state index in [0.717, 1.165) is 25.9 Å². The Bertz CT molecular complexity index is 762. The zero-order valence-electron chi connectivity index (χ0n) is 13.5. The molecule has 8 heteroatoms. The predicted molar refractivity (Wildman–Crippen MR) is 86.5 cm³/mol. The topological polar surface area (TPSA) is 79.5 Å². The van der Waals surface area contributed by atoms with Crippen LogP contribution < -0.4 is 0 Å². The van der Waals surface area contributed by atoms with Gasteiger partial charge >= 0.3 is 0 Å². The molecule has 3 rings (SSSR count). The second-order valence-electron chi connectivity index (χ2n) is 5.74. The van der Waals surface area contributed by atoms with Gasteiger partial charge in [-0.25, -0.2) is 13.0 Å². The van der Waals surface area contributed by atoms with Crippen molar-refractivity contribution in [3.63, 3.8) is 0 Å². The van der Waals surface area contributed by atoms with Crippen LogP contribution in [0, 0.1) is 0 Å².